The van der Waals surface area contributed by atoms with E-state index < -0.39 is 0 Å². The van der Waals surface area contributed by atoms with Crippen LogP contribution in [0.3, 0.4) is 0 Å². The van der Waals surface area contributed by atoms with Crippen molar-refractivity contribution in [3.05, 3.63) is 0 Å². The summed E-state index contributed by atoms with van der Waals surface area (Å²) < 4.78 is 0. The number of piperidine rings is 2. The third kappa shape index (κ3) is 4.46. The Morgan fingerprint density at radius 2 is 1.87 bits per heavy atom. The zero-order chi connectivity index (χ0) is 16.2. The molecule has 3 atom stereocenters. The summed E-state index contributed by atoms with van der Waals surface area (Å²) in [6.45, 7) is 9.57. The highest BCUT2D eigenvalue weighted by Gasteiger charge is 2.31. The summed E-state index contributed by atoms with van der Waals surface area (Å²) in [6, 6.07) is 1.21. The molecule has 0 radical (unpaired) electrons. The zero-order valence-corrected chi connectivity index (χ0v) is 15.0. The van der Waals surface area contributed by atoms with Crippen LogP contribution in [0.4, 0.5) is 0 Å². The number of hydrogen-bond acceptors (Lipinski definition) is 4. The van der Waals surface area contributed by atoms with Crippen molar-refractivity contribution in [3.63, 3.8) is 0 Å². The number of rotatable bonds is 3. The number of likely N-dealkylation sites (N-methyl/N-ethyl adjacent to an activating group) is 1. The van der Waals surface area contributed by atoms with Crippen molar-refractivity contribution < 1.29 is 4.79 Å². The minimum atomic E-state index is 0.252. The monoisotopic (exact) mass is 322 g/mol. The van der Waals surface area contributed by atoms with E-state index >= 15 is 0 Å². The van der Waals surface area contributed by atoms with E-state index in [1.54, 1.807) is 0 Å². The van der Waals surface area contributed by atoms with Gasteiger partial charge in [0.25, 0.3) is 0 Å². The van der Waals surface area contributed by atoms with Gasteiger partial charge in [-0.05, 0) is 52.7 Å². The molecule has 3 saturated heterocycles. The van der Waals surface area contributed by atoms with Crippen molar-refractivity contribution in [2.45, 2.75) is 51.1 Å². The summed E-state index contributed by atoms with van der Waals surface area (Å²) >= 11 is 0. The molecule has 0 bridgehead atoms. The standard InChI is InChI=1S/C18H34N4O/c1-15-13-16(6-7-19-15)18(23)22-11-9-21(10-12-22)14-17-5-3-4-8-20(17)2/h15-17,19H,3-14H2,1-2H3/t15-,16-,17?/m0/s1. The second-order valence-corrected chi connectivity index (χ2v) is 7.83. The third-order valence-corrected chi connectivity index (χ3v) is 6.05. The van der Waals surface area contributed by atoms with Crippen LogP contribution in [-0.4, -0.2) is 85.6 Å². The second-order valence-electron chi connectivity index (χ2n) is 7.83. The number of amides is 1. The summed E-state index contributed by atoms with van der Waals surface area (Å²) in [7, 11) is 2.27. The zero-order valence-electron chi connectivity index (χ0n) is 15.0. The number of carbonyl (C=O) groups excluding carboxylic acids is 1. The van der Waals surface area contributed by atoms with Gasteiger partial charge in [0.15, 0.2) is 0 Å². The molecule has 1 N–H and O–H groups in total. The summed E-state index contributed by atoms with van der Waals surface area (Å²) in [5, 5.41) is 3.44. The van der Waals surface area contributed by atoms with Crippen LogP contribution in [0.25, 0.3) is 0 Å². The van der Waals surface area contributed by atoms with Crippen LogP contribution >= 0.6 is 0 Å². The van der Waals surface area contributed by atoms with Gasteiger partial charge in [-0.15, -0.1) is 0 Å². The van der Waals surface area contributed by atoms with Gasteiger partial charge < -0.3 is 15.1 Å². The van der Waals surface area contributed by atoms with Crippen LogP contribution in [0, 0.1) is 5.92 Å². The molecule has 1 amide bonds. The fourth-order valence-electron chi connectivity index (χ4n) is 4.44. The molecular weight excluding hydrogens is 288 g/mol. The molecule has 3 aliphatic rings. The molecule has 0 aromatic carbocycles. The Kier molecular flexibility index (Phi) is 5.94. The van der Waals surface area contributed by atoms with E-state index in [0.717, 1.165) is 51.6 Å². The Bertz CT molecular complexity index is 394. The molecule has 3 heterocycles. The molecule has 3 rings (SSSR count). The Balaban J connectivity index is 1.43. The third-order valence-electron chi connectivity index (χ3n) is 6.05. The van der Waals surface area contributed by atoms with Gasteiger partial charge in [-0.25, -0.2) is 0 Å². The number of nitrogens with one attached hydrogen (secondary N) is 1. The molecule has 0 aliphatic carbocycles. The van der Waals surface area contributed by atoms with E-state index in [1.165, 1.54) is 32.4 Å². The summed E-state index contributed by atoms with van der Waals surface area (Å²) in [4.78, 5) is 19.9. The van der Waals surface area contributed by atoms with E-state index in [4.69, 9.17) is 0 Å². The van der Waals surface area contributed by atoms with E-state index in [9.17, 15) is 4.79 Å². The van der Waals surface area contributed by atoms with Crippen molar-refractivity contribution >= 4 is 5.91 Å². The first-order chi connectivity index (χ1) is 11.1. The molecule has 0 aromatic rings. The van der Waals surface area contributed by atoms with Gasteiger partial charge in [0.05, 0.1) is 0 Å². The van der Waals surface area contributed by atoms with Crippen LogP contribution in [0.2, 0.25) is 0 Å². The smallest absolute Gasteiger partial charge is 0.225 e. The van der Waals surface area contributed by atoms with Gasteiger partial charge >= 0.3 is 0 Å². The van der Waals surface area contributed by atoms with E-state index in [-0.39, 0.29) is 5.92 Å². The number of hydrogen-bond donors (Lipinski definition) is 1. The lowest BCUT2D eigenvalue weighted by molar-refractivity contribution is -0.138. The average Bonchev–Trinajstić information content (AvgIpc) is 2.57. The van der Waals surface area contributed by atoms with E-state index in [2.05, 4.69) is 34.0 Å². The number of likely N-dealkylation sites (tertiary alicyclic amines) is 1. The van der Waals surface area contributed by atoms with E-state index in [0.29, 0.717) is 11.9 Å². The highest BCUT2D eigenvalue weighted by Crippen LogP contribution is 2.21. The fourth-order valence-corrected chi connectivity index (χ4v) is 4.44. The highest BCUT2D eigenvalue weighted by molar-refractivity contribution is 5.79. The number of piperazine rings is 1. The van der Waals surface area contributed by atoms with Crippen molar-refractivity contribution in [1.82, 2.24) is 20.0 Å². The number of carbonyl (C=O) groups is 1. The van der Waals surface area contributed by atoms with Crippen LogP contribution in [-0.2, 0) is 4.79 Å². The van der Waals surface area contributed by atoms with Gasteiger partial charge in [0, 0.05) is 50.7 Å². The minimum absolute atomic E-state index is 0.252. The molecule has 1 unspecified atom stereocenters. The predicted molar refractivity (Wildman–Crippen MR) is 93.5 cm³/mol. The normalized spacial score (nSPS) is 34.5. The summed E-state index contributed by atoms with van der Waals surface area (Å²) in [6.07, 6.45) is 6.08. The fraction of sp³-hybridized carbons (Fsp3) is 0.944. The molecule has 132 valence electrons. The lowest BCUT2D eigenvalue weighted by Gasteiger charge is -2.41. The average molecular weight is 322 g/mol. The summed E-state index contributed by atoms with van der Waals surface area (Å²) in [5.74, 6) is 0.662. The van der Waals surface area contributed by atoms with Crippen LogP contribution in [0.15, 0.2) is 0 Å². The van der Waals surface area contributed by atoms with Gasteiger partial charge in [0.2, 0.25) is 5.91 Å². The van der Waals surface area contributed by atoms with Crippen LogP contribution in [0.1, 0.15) is 39.0 Å². The van der Waals surface area contributed by atoms with Gasteiger partial charge in [-0.3, -0.25) is 9.69 Å². The predicted octanol–water partition coefficient (Wildman–Crippen LogP) is 1.00. The van der Waals surface area contributed by atoms with Gasteiger partial charge in [0.1, 0.15) is 0 Å². The maximum atomic E-state index is 12.7. The van der Waals surface area contributed by atoms with Crippen molar-refractivity contribution in [1.29, 1.82) is 0 Å². The lowest BCUT2D eigenvalue weighted by atomic mass is 9.92. The Morgan fingerprint density at radius 1 is 1.09 bits per heavy atom. The van der Waals surface area contributed by atoms with Crippen molar-refractivity contribution in [2.75, 3.05) is 52.9 Å². The second kappa shape index (κ2) is 7.95. The molecular formula is C18H34N4O. The van der Waals surface area contributed by atoms with Crippen LogP contribution < -0.4 is 5.32 Å². The molecule has 0 spiro atoms. The van der Waals surface area contributed by atoms with Gasteiger partial charge in [-0.1, -0.05) is 6.42 Å². The van der Waals surface area contributed by atoms with Gasteiger partial charge in [-0.2, -0.15) is 0 Å². The molecule has 3 fully saturated rings. The number of nitrogens with zero attached hydrogens (tertiary/aromatic N) is 3. The highest BCUT2D eigenvalue weighted by atomic mass is 16.2. The first-order valence-electron chi connectivity index (χ1n) is 9.58. The Hall–Kier alpha value is -0.650. The van der Waals surface area contributed by atoms with E-state index in [1.807, 2.05) is 0 Å². The topological polar surface area (TPSA) is 38.8 Å². The van der Waals surface area contributed by atoms with Crippen molar-refractivity contribution in [2.24, 2.45) is 5.92 Å². The SMILES string of the molecule is C[C@H]1C[C@@H](C(=O)N2CCN(CC3CCCCN3C)CC2)CCN1. The molecule has 5 nitrogen and oxygen atoms in total. The lowest BCUT2D eigenvalue weighted by Crippen LogP contribution is -2.54. The minimum Gasteiger partial charge on any atom is -0.340 e. The Labute approximate surface area is 141 Å². The van der Waals surface area contributed by atoms with Crippen molar-refractivity contribution in [3.8, 4) is 0 Å². The Morgan fingerprint density at radius 3 is 2.57 bits per heavy atom. The largest absolute Gasteiger partial charge is 0.340 e. The maximum absolute atomic E-state index is 12.7. The molecule has 3 aliphatic heterocycles. The first-order valence-corrected chi connectivity index (χ1v) is 9.58. The first kappa shape index (κ1) is 17.2. The molecule has 5 heteroatoms. The summed E-state index contributed by atoms with van der Waals surface area (Å²) in [5.41, 5.74) is 0. The maximum Gasteiger partial charge on any atom is 0.225 e. The quantitative estimate of drug-likeness (QED) is 0.841. The van der Waals surface area contributed by atoms with Crippen LogP contribution in [0.5, 0.6) is 0 Å². The molecule has 23 heavy (non-hydrogen) atoms. The molecule has 0 aromatic heterocycles. The molecule has 0 saturated carbocycles.